The third kappa shape index (κ3) is 15.5. The van der Waals surface area contributed by atoms with E-state index < -0.39 is 0 Å². The van der Waals surface area contributed by atoms with Gasteiger partial charge < -0.3 is 15.3 Å². The Morgan fingerprint density at radius 3 is 1.20 bits per heavy atom. The second kappa shape index (κ2) is 24.5. The van der Waals surface area contributed by atoms with E-state index >= 15 is 0 Å². The Hall–Kier alpha value is -1.65. The molecule has 2 aromatic carbocycles. The maximum Gasteiger partial charge on any atom is 0.115 e. The molecule has 0 spiro atoms. The molecule has 46 heavy (non-hydrogen) atoms. The molecule has 2 fully saturated rings. The molecule has 2 aromatic rings. The predicted molar refractivity (Wildman–Crippen MR) is 199 cm³/mol. The summed E-state index contributed by atoms with van der Waals surface area (Å²) in [6, 6.07) is 11.8. The molecule has 2 aliphatic carbocycles. The van der Waals surface area contributed by atoms with Crippen molar-refractivity contribution in [1.82, 2.24) is 0 Å². The molecule has 0 heterocycles. The van der Waals surface area contributed by atoms with E-state index in [1.54, 1.807) is 0 Å². The van der Waals surface area contributed by atoms with Crippen LogP contribution in [0, 0.1) is 0 Å². The minimum atomic E-state index is 0.373. The third-order valence-corrected chi connectivity index (χ3v) is 11.5. The van der Waals surface area contributed by atoms with Crippen LogP contribution in [-0.2, 0) is 0 Å². The van der Waals surface area contributed by atoms with Gasteiger partial charge in [0.05, 0.1) is 0 Å². The van der Waals surface area contributed by atoms with E-state index in [0.29, 0.717) is 29.9 Å². The maximum absolute atomic E-state index is 10.1. The molecule has 260 valence electrons. The summed E-state index contributed by atoms with van der Waals surface area (Å²) < 4.78 is 0. The Morgan fingerprint density at radius 2 is 0.848 bits per heavy atom. The lowest BCUT2D eigenvalue weighted by atomic mass is 9.84. The van der Waals surface area contributed by atoms with Crippen LogP contribution in [-0.4, -0.2) is 21.9 Å². The second-order valence-electron chi connectivity index (χ2n) is 14.2. The number of unbranched alkanes of at least 4 members (excludes halogenated alkanes) is 15. The third-order valence-electron chi connectivity index (χ3n) is 10.3. The average molecular weight is 653 g/mol. The first kappa shape index (κ1) is 38.8. The summed E-state index contributed by atoms with van der Waals surface area (Å²) in [5.74, 6) is 1.86. The van der Waals surface area contributed by atoms with Crippen LogP contribution >= 0.6 is 11.8 Å². The van der Waals surface area contributed by atoms with E-state index in [0.717, 1.165) is 6.42 Å². The molecule has 0 atom stereocenters. The van der Waals surface area contributed by atoms with Gasteiger partial charge in [-0.15, -0.1) is 0 Å². The fourth-order valence-corrected chi connectivity index (χ4v) is 8.70. The van der Waals surface area contributed by atoms with Gasteiger partial charge in [0, 0.05) is 16.4 Å². The highest BCUT2D eigenvalue weighted by molar-refractivity contribution is 7.99. The van der Waals surface area contributed by atoms with Crippen molar-refractivity contribution in [3.63, 3.8) is 0 Å². The van der Waals surface area contributed by atoms with Gasteiger partial charge in [-0.1, -0.05) is 154 Å². The number of benzene rings is 2. The highest BCUT2D eigenvalue weighted by Gasteiger charge is 2.23. The van der Waals surface area contributed by atoms with Crippen molar-refractivity contribution >= 4 is 11.8 Å². The van der Waals surface area contributed by atoms with Crippen LogP contribution in [0.2, 0.25) is 0 Å². The summed E-state index contributed by atoms with van der Waals surface area (Å²) in [6.07, 6.45) is 34.9. The Bertz CT molecular complexity index is 960. The van der Waals surface area contributed by atoms with E-state index in [1.165, 1.54) is 181 Å². The number of phenolic OH excluding ortho intramolecular Hbond substituents is 2. The van der Waals surface area contributed by atoms with E-state index in [9.17, 15) is 10.2 Å². The maximum atomic E-state index is 10.1. The second-order valence-corrected chi connectivity index (χ2v) is 15.3. The van der Waals surface area contributed by atoms with Crippen LogP contribution in [0.4, 0.5) is 0 Å². The van der Waals surface area contributed by atoms with Crippen molar-refractivity contribution in [1.29, 1.82) is 0 Å². The van der Waals surface area contributed by atoms with Gasteiger partial charge in [0.25, 0.3) is 0 Å². The summed E-state index contributed by atoms with van der Waals surface area (Å²) in [6.45, 7) is 2.66. The quantitative estimate of drug-likeness (QED) is 0.125. The number of aliphatic hydroxyl groups excluding tert-OH is 1. The Labute approximate surface area is 287 Å². The standard InChI is InChI=1S/C24H30O2S.C18H38O/c25-19-11-13-23(21(15-19)17-7-3-1-4-8-17)27-24-14-12-20(26)16-22(24)18-9-5-2-6-10-18;1-2-3-4-5-6-7-8-9-10-11-12-13-14-15-16-17-18-19/h11-18,25-26H,1-10H2;19H,2-18H2,1H3. The average Bonchev–Trinajstić information content (AvgIpc) is 3.09. The van der Waals surface area contributed by atoms with Gasteiger partial charge in [-0.25, -0.2) is 0 Å². The van der Waals surface area contributed by atoms with Gasteiger partial charge >= 0.3 is 0 Å². The molecule has 4 heteroatoms. The Kier molecular flexibility index (Phi) is 20.7. The smallest absolute Gasteiger partial charge is 0.115 e. The van der Waals surface area contributed by atoms with E-state index in [2.05, 4.69) is 19.1 Å². The Morgan fingerprint density at radius 1 is 0.500 bits per heavy atom. The first-order valence-corrected chi connectivity index (χ1v) is 20.4. The monoisotopic (exact) mass is 652 g/mol. The zero-order valence-electron chi connectivity index (χ0n) is 29.5. The van der Waals surface area contributed by atoms with Crippen molar-refractivity contribution in [2.45, 2.75) is 195 Å². The lowest BCUT2D eigenvalue weighted by Gasteiger charge is -2.26. The molecule has 0 unspecified atom stereocenters. The normalized spacial score (nSPS) is 15.9. The molecule has 2 aliphatic rings. The summed E-state index contributed by atoms with van der Waals surface area (Å²) in [4.78, 5) is 2.53. The minimum Gasteiger partial charge on any atom is -0.508 e. The van der Waals surface area contributed by atoms with Crippen molar-refractivity contribution in [2.75, 3.05) is 6.61 Å². The number of hydrogen-bond acceptors (Lipinski definition) is 4. The molecule has 3 nitrogen and oxygen atoms in total. The topological polar surface area (TPSA) is 60.7 Å². The van der Waals surface area contributed by atoms with Crippen LogP contribution in [0.25, 0.3) is 0 Å². The zero-order chi connectivity index (χ0) is 32.7. The highest BCUT2D eigenvalue weighted by atomic mass is 32.2. The van der Waals surface area contributed by atoms with Gasteiger partial charge in [0.1, 0.15) is 11.5 Å². The lowest BCUT2D eigenvalue weighted by Crippen LogP contribution is -2.07. The minimum absolute atomic E-state index is 0.373. The molecule has 4 rings (SSSR count). The number of rotatable bonds is 20. The van der Waals surface area contributed by atoms with Gasteiger partial charge in [-0.3, -0.25) is 0 Å². The zero-order valence-corrected chi connectivity index (χ0v) is 30.3. The number of aromatic hydroxyl groups is 2. The van der Waals surface area contributed by atoms with E-state index in [1.807, 2.05) is 36.0 Å². The Balaban J connectivity index is 0.000000269. The summed E-state index contributed by atoms with van der Waals surface area (Å²) >= 11 is 1.82. The van der Waals surface area contributed by atoms with Gasteiger partial charge in [0.2, 0.25) is 0 Å². The van der Waals surface area contributed by atoms with Gasteiger partial charge in [-0.2, -0.15) is 0 Å². The SMILES string of the molecule is CCCCCCCCCCCCCCCCCCO.Oc1ccc(Sc2ccc(O)cc2C2CCCCC2)c(C2CCCCC2)c1. The fourth-order valence-electron chi connectivity index (χ4n) is 7.50. The molecule has 0 aromatic heterocycles. The molecular weight excluding hydrogens is 585 g/mol. The highest BCUT2D eigenvalue weighted by Crippen LogP contribution is 2.45. The first-order valence-electron chi connectivity index (χ1n) is 19.6. The number of phenols is 2. The fraction of sp³-hybridized carbons (Fsp3) is 0.714. The van der Waals surface area contributed by atoms with E-state index in [4.69, 9.17) is 5.11 Å². The molecule has 0 amide bonds. The van der Waals surface area contributed by atoms with Gasteiger partial charge in [-0.05, 0) is 91.5 Å². The van der Waals surface area contributed by atoms with Crippen LogP contribution in [0.1, 0.15) is 197 Å². The molecule has 0 bridgehead atoms. The molecule has 0 saturated heterocycles. The van der Waals surface area contributed by atoms with Crippen LogP contribution in [0.15, 0.2) is 46.2 Å². The van der Waals surface area contributed by atoms with Crippen LogP contribution < -0.4 is 0 Å². The largest absolute Gasteiger partial charge is 0.508 e. The molecule has 0 radical (unpaired) electrons. The van der Waals surface area contributed by atoms with Gasteiger partial charge in [0.15, 0.2) is 0 Å². The van der Waals surface area contributed by atoms with Crippen molar-refractivity contribution in [3.8, 4) is 11.5 Å². The van der Waals surface area contributed by atoms with Crippen molar-refractivity contribution < 1.29 is 15.3 Å². The first-order chi connectivity index (χ1) is 22.6. The molecule has 0 aliphatic heterocycles. The summed E-state index contributed by atoms with van der Waals surface area (Å²) in [7, 11) is 0. The summed E-state index contributed by atoms with van der Waals surface area (Å²) in [5, 5.41) is 28.8. The molecule has 3 N–H and O–H groups in total. The number of hydrogen-bond donors (Lipinski definition) is 3. The molecule has 2 saturated carbocycles. The summed E-state index contributed by atoms with van der Waals surface area (Å²) in [5.41, 5.74) is 2.62. The van der Waals surface area contributed by atoms with E-state index in [-0.39, 0.29) is 0 Å². The van der Waals surface area contributed by atoms with Crippen LogP contribution in [0.3, 0.4) is 0 Å². The molecular formula is C42H68O3S. The van der Waals surface area contributed by atoms with Crippen molar-refractivity contribution in [3.05, 3.63) is 47.5 Å². The predicted octanol–water partition coefficient (Wildman–Crippen LogP) is 13.6. The number of aliphatic hydroxyl groups is 1. The van der Waals surface area contributed by atoms with Crippen LogP contribution in [0.5, 0.6) is 11.5 Å². The van der Waals surface area contributed by atoms with Crippen molar-refractivity contribution in [2.24, 2.45) is 0 Å². The lowest BCUT2D eigenvalue weighted by molar-refractivity contribution is 0.282.